The minimum atomic E-state index is -3.81. The average molecular weight is 1160 g/mol. The van der Waals surface area contributed by atoms with E-state index in [9.17, 15) is 16.8 Å². The minimum Gasteiger partial charge on any atom is -0.399 e. The summed E-state index contributed by atoms with van der Waals surface area (Å²) in [6.45, 7) is 20.0. The topological polar surface area (TPSA) is 199 Å². The number of hydrogen-bond donors (Lipinski definition) is 0. The maximum Gasteiger partial charge on any atom is 0.495 e. The lowest BCUT2D eigenvalue weighted by atomic mass is 9.78. The van der Waals surface area contributed by atoms with E-state index in [0.717, 1.165) is 29.0 Å². The molecule has 3 aliphatic rings. The number of hydrogen-bond acceptors (Lipinski definition) is 16. The standard InChI is InChI=1S/C23H22ClN5O3S.C20H23BN2O4S.C9H11Cl2N3O.CH4.B/c1-15-3-5-17(6-4-15)33(30,31)29-10-8-19-18(7-9-25-23(19)29)22-26-20(24)13-21(27-22)28-11-12-32-14-16(28)2;1-14-6-8-15(9-7-14)28(24,25)23-13-11-16-17(10-12-22-18(16)23)21-26-19(2,3)20(4,5)27-21;1-6-5-15-3-2-14(6)8-4-7(10)12-9(11)13-8;;/h3-10,13,16H,11-12,14H2,1-2H3;6-13H,1-5H3;4,6H,2-3,5H2,1H3;1H4;/t16-;;6-;;/m1.1../s1. The molecular formula is C53H60B2Cl3N10O8S2. The fourth-order valence-electron chi connectivity index (χ4n) is 8.79. The van der Waals surface area contributed by atoms with E-state index < -0.39 is 38.4 Å². The molecule has 11 rings (SSSR count). The molecule has 2 aromatic carbocycles. The zero-order chi connectivity index (χ0) is 54.3. The van der Waals surface area contributed by atoms with Crippen LogP contribution >= 0.6 is 34.8 Å². The van der Waals surface area contributed by atoms with Gasteiger partial charge < -0.3 is 28.6 Å². The molecule has 0 spiro atoms. The Morgan fingerprint density at radius 3 is 1.54 bits per heavy atom. The summed E-state index contributed by atoms with van der Waals surface area (Å²) in [6, 6.07) is 24.4. The van der Waals surface area contributed by atoms with Gasteiger partial charge >= 0.3 is 7.12 Å². The molecule has 3 saturated heterocycles. The van der Waals surface area contributed by atoms with Gasteiger partial charge in [-0.25, -0.2) is 54.7 Å². The van der Waals surface area contributed by atoms with E-state index in [4.69, 9.17) is 58.6 Å². The Kier molecular flexibility index (Phi) is 18.4. The van der Waals surface area contributed by atoms with Crippen LogP contribution in [0.15, 0.2) is 120 Å². The molecule has 8 aromatic rings. The predicted molar refractivity (Wildman–Crippen MR) is 309 cm³/mol. The van der Waals surface area contributed by atoms with Crippen molar-refractivity contribution in [1.82, 2.24) is 37.8 Å². The molecule has 0 N–H and O–H groups in total. The molecule has 6 aromatic heterocycles. The molecule has 2 atom stereocenters. The fraction of sp³-hybridized carbons (Fsp3) is 0.358. The van der Waals surface area contributed by atoms with Crippen LogP contribution in [-0.4, -0.2) is 133 Å². The number of nitrogens with zero attached hydrogens (tertiary/aromatic N) is 10. The van der Waals surface area contributed by atoms with Gasteiger partial charge in [-0.2, -0.15) is 0 Å². The molecule has 0 bridgehead atoms. The number of benzene rings is 2. The maximum absolute atomic E-state index is 13.3. The lowest BCUT2D eigenvalue weighted by Crippen LogP contribution is -2.44. The quantitative estimate of drug-likeness (QED) is 0.0792. The van der Waals surface area contributed by atoms with Crippen molar-refractivity contribution in [2.75, 3.05) is 49.3 Å². The Hall–Kier alpha value is -5.68. The summed E-state index contributed by atoms with van der Waals surface area (Å²) in [6.07, 6.45) is 6.18. The third kappa shape index (κ3) is 12.4. The van der Waals surface area contributed by atoms with E-state index in [0.29, 0.717) is 82.6 Å². The highest BCUT2D eigenvalue weighted by atomic mass is 35.5. The van der Waals surface area contributed by atoms with Crippen LogP contribution in [-0.2, 0) is 38.8 Å². The monoisotopic (exact) mass is 1160 g/mol. The second-order valence-electron chi connectivity index (χ2n) is 19.6. The molecule has 0 aliphatic carbocycles. The number of fused-ring (bicyclic) bond motifs is 2. The van der Waals surface area contributed by atoms with Crippen molar-refractivity contribution in [2.24, 2.45) is 0 Å². The Bertz CT molecular complexity index is 3620. The van der Waals surface area contributed by atoms with E-state index in [1.165, 1.54) is 20.3 Å². The molecule has 78 heavy (non-hydrogen) atoms. The molecule has 3 fully saturated rings. The second kappa shape index (κ2) is 24.0. The predicted octanol–water partition coefficient (Wildman–Crippen LogP) is 9.06. The van der Waals surface area contributed by atoms with Crippen LogP contribution in [0.25, 0.3) is 33.5 Å². The number of morpholine rings is 2. The van der Waals surface area contributed by atoms with Crippen molar-refractivity contribution in [2.45, 2.75) is 95.9 Å². The molecule has 9 heterocycles. The molecule has 3 aliphatic heterocycles. The smallest absolute Gasteiger partial charge is 0.399 e. The van der Waals surface area contributed by atoms with E-state index in [2.05, 4.69) is 48.6 Å². The summed E-state index contributed by atoms with van der Waals surface area (Å²) >= 11 is 17.9. The zero-order valence-corrected chi connectivity index (χ0v) is 47.5. The molecule has 0 amide bonds. The van der Waals surface area contributed by atoms with Crippen LogP contribution < -0.4 is 15.3 Å². The normalized spacial score (nSPS) is 18.1. The van der Waals surface area contributed by atoms with Gasteiger partial charge in [-0.15, -0.1) is 0 Å². The Morgan fingerprint density at radius 2 is 1.05 bits per heavy atom. The summed E-state index contributed by atoms with van der Waals surface area (Å²) < 4.78 is 78.3. The van der Waals surface area contributed by atoms with E-state index in [1.807, 2.05) is 47.6 Å². The van der Waals surface area contributed by atoms with Gasteiger partial charge in [0.1, 0.15) is 21.9 Å². The van der Waals surface area contributed by atoms with E-state index in [1.54, 1.807) is 91.3 Å². The lowest BCUT2D eigenvalue weighted by molar-refractivity contribution is 0.00578. The number of aromatic nitrogens is 8. The number of ether oxygens (including phenoxy) is 2. The van der Waals surface area contributed by atoms with Gasteiger partial charge in [0.15, 0.2) is 17.1 Å². The second-order valence-corrected chi connectivity index (χ2v) is 24.3. The van der Waals surface area contributed by atoms with Gasteiger partial charge in [-0.05, 0) is 121 Å². The Morgan fingerprint density at radius 1 is 0.603 bits per heavy atom. The molecular weight excluding hydrogens is 1100 g/mol. The zero-order valence-electron chi connectivity index (χ0n) is 43.6. The maximum atomic E-state index is 13.3. The van der Waals surface area contributed by atoms with E-state index in [-0.39, 0.29) is 43.0 Å². The van der Waals surface area contributed by atoms with Gasteiger partial charge in [-0.3, -0.25) is 0 Å². The third-order valence-electron chi connectivity index (χ3n) is 13.7. The number of pyridine rings is 2. The summed E-state index contributed by atoms with van der Waals surface area (Å²) in [5, 5.41) is 2.17. The summed E-state index contributed by atoms with van der Waals surface area (Å²) in [4.78, 5) is 30.5. The first-order valence-corrected chi connectivity index (χ1v) is 28.4. The summed E-state index contributed by atoms with van der Waals surface area (Å²) in [5.74, 6) is 1.88. The first kappa shape index (κ1) is 60.0. The van der Waals surface area contributed by atoms with Crippen LogP contribution in [0.1, 0.15) is 60.1 Å². The highest BCUT2D eigenvalue weighted by Gasteiger charge is 2.52. The van der Waals surface area contributed by atoms with Gasteiger partial charge in [0.05, 0.1) is 59.5 Å². The van der Waals surface area contributed by atoms with Gasteiger partial charge in [-0.1, -0.05) is 66.0 Å². The Balaban J connectivity index is 0.000000178. The van der Waals surface area contributed by atoms with Gasteiger partial charge in [0.2, 0.25) is 5.28 Å². The average Bonchev–Trinajstić information content (AvgIpc) is 4.16. The first-order valence-electron chi connectivity index (χ1n) is 24.4. The Labute approximate surface area is 473 Å². The van der Waals surface area contributed by atoms with Crippen LogP contribution in [0.4, 0.5) is 11.6 Å². The van der Waals surface area contributed by atoms with Crippen molar-refractivity contribution in [3.8, 4) is 11.4 Å². The van der Waals surface area contributed by atoms with Gasteiger partial charge in [0, 0.05) is 74.8 Å². The first-order chi connectivity index (χ1) is 36.0. The lowest BCUT2D eigenvalue weighted by Gasteiger charge is -2.34. The number of halogens is 3. The van der Waals surface area contributed by atoms with Crippen molar-refractivity contribution in [1.29, 1.82) is 0 Å². The van der Waals surface area contributed by atoms with Crippen LogP contribution in [0.2, 0.25) is 15.6 Å². The van der Waals surface area contributed by atoms with Crippen LogP contribution in [0.5, 0.6) is 0 Å². The summed E-state index contributed by atoms with van der Waals surface area (Å²) in [5.41, 5.74) is 3.09. The molecule has 3 radical (unpaired) electrons. The number of anilines is 2. The largest absolute Gasteiger partial charge is 0.495 e. The van der Waals surface area contributed by atoms with Crippen molar-refractivity contribution in [3.63, 3.8) is 0 Å². The number of aryl methyl sites for hydroxylation is 2. The van der Waals surface area contributed by atoms with Crippen molar-refractivity contribution in [3.05, 3.63) is 136 Å². The summed E-state index contributed by atoms with van der Waals surface area (Å²) in [7, 11) is -8.16. The van der Waals surface area contributed by atoms with E-state index >= 15 is 0 Å². The molecule has 0 saturated carbocycles. The third-order valence-corrected chi connectivity index (χ3v) is 17.6. The fourth-order valence-corrected chi connectivity index (χ4v) is 12.0. The highest BCUT2D eigenvalue weighted by molar-refractivity contribution is 7.90. The molecule has 18 nitrogen and oxygen atoms in total. The molecule has 25 heteroatoms. The van der Waals surface area contributed by atoms with Crippen LogP contribution in [0.3, 0.4) is 0 Å². The molecule has 409 valence electrons. The van der Waals surface area contributed by atoms with Gasteiger partial charge in [0.25, 0.3) is 20.0 Å². The molecule has 0 unspecified atom stereocenters. The van der Waals surface area contributed by atoms with Crippen molar-refractivity contribution < 1.29 is 35.6 Å². The number of rotatable bonds is 8. The SMILES string of the molecule is C.C[C@@H]1COCCN1c1cc(Cl)nc(Cl)n1.Cc1ccc(S(=O)(=O)n2ccc3c(-c4nc(Cl)cc(N5CCOC[C@H]5C)n4)ccnc32)cc1.Cc1ccc(S(=O)(=O)n2ccc3c(B4OC(C)(C)C(C)(C)O4)ccnc32)cc1.[B]. The minimum absolute atomic E-state index is 0. The van der Waals surface area contributed by atoms with Crippen LogP contribution in [0, 0.1) is 13.8 Å². The highest BCUT2D eigenvalue weighted by Crippen LogP contribution is 2.37. The van der Waals surface area contributed by atoms with Crippen molar-refractivity contribution >= 4 is 110 Å².